The normalized spacial score (nSPS) is 17.6. The van der Waals surface area contributed by atoms with E-state index in [1.165, 1.54) is 12.1 Å². The molecule has 3 rings (SSSR count). The number of hydrogen-bond acceptors (Lipinski definition) is 3. The molecule has 1 fully saturated rings. The fourth-order valence-corrected chi connectivity index (χ4v) is 3.43. The Kier molecular flexibility index (Phi) is 6.19. The van der Waals surface area contributed by atoms with Crippen LogP contribution in [0.3, 0.4) is 0 Å². The van der Waals surface area contributed by atoms with Crippen LogP contribution in [0.4, 0.5) is 4.39 Å². The Hall–Kier alpha value is -2.73. The molecule has 1 heterocycles. The minimum Gasteiger partial charge on any atom is -0.350 e. The van der Waals surface area contributed by atoms with Crippen LogP contribution < -0.4 is 11.1 Å². The molecular formula is C21H24FN3O2. The average Bonchev–Trinajstić information content (AvgIpc) is 3.16. The van der Waals surface area contributed by atoms with Crippen molar-refractivity contribution in [3.05, 3.63) is 71.5 Å². The van der Waals surface area contributed by atoms with Crippen molar-refractivity contribution in [3.63, 3.8) is 0 Å². The molecule has 5 nitrogen and oxygen atoms in total. The van der Waals surface area contributed by atoms with Gasteiger partial charge < -0.3 is 16.0 Å². The predicted molar refractivity (Wildman–Crippen MR) is 101 cm³/mol. The summed E-state index contributed by atoms with van der Waals surface area (Å²) < 4.78 is 13.2. The number of nitrogens with zero attached hydrogens (tertiary/aromatic N) is 1. The molecule has 142 valence electrons. The monoisotopic (exact) mass is 369 g/mol. The molecule has 2 amide bonds. The van der Waals surface area contributed by atoms with E-state index >= 15 is 0 Å². The van der Waals surface area contributed by atoms with E-state index in [4.69, 9.17) is 5.73 Å². The second kappa shape index (κ2) is 8.77. The van der Waals surface area contributed by atoms with E-state index in [9.17, 15) is 14.0 Å². The molecule has 1 aliphatic heterocycles. The molecule has 0 bridgehead atoms. The lowest BCUT2D eigenvalue weighted by molar-refractivity contribution is -0.139. The molecule has 1 unspecified atom stereocenters. The first-order chi connectivity index (χ1) is 13.0. The van der Waals surface area contributed by atoms with Crippen LogP contribution in [0.2, 0.25) is 0 Å². The van der Waals surface area contributed by atoms with Gasteiger partial charge in [0.25, 0.3) is 0 Å². The largest absolute Gasteiger partial charge is 0.350 e. The van der Waals surface area contributed by atoms with Crippen molar-refractivity contribution in [2.45, 2.75) is 37.9 Å². The number of benzene rings is 2. The first-order valence-corrected chi connectivity index (χ1v) is 9.17. The van der Waals surface area contributed by atoms with E-state index in [1.807, 2.05) is 30.3 Å². The van der Waals surface area contributed by atoms with Gasteiger partial charge in [0.05, 0.1) is 6.04 Å². The molecule has 0 saturated carbocycles. The zero-order valence-corrected chi connectivity index (χ0v) is 15.1. The summed E-state index contributed by atoms with van der Waals surface area (Å²) in [6.45, 7) is 0.755. The fourth-order valence-electron chi connectivity index (χ4n) is 3.43. The van der Waals surface area contributed by atoms with Crippen molar-refractivity contribution in [2.24, 2.45) is 5.73 Å². The van der Waals surface area contributed by atoms with E-state index in [-0.39, 0.29) is 24.2 Å². The molecule has 6 heteroatoms. The van der Waals surface area contributed by atoms with Crippen LogP contribution in [0.25, 0.3) is 0 Å². The maximum atomic E-state index is 13.2. The van der Waals surface area contributed by atoms with Crippen LogP contribution in [0.1, 0.15) is 24.0 Å². The highest BCUT2D eigenvalue weighted by atomic mass is 19.1. The Labute approximate surface area is 158 Å². The highest BCUT2D eigenvalue weighted by Crippen LogP contribution is 2.19. The Balaban J connectivity index is 1.58. The van der Waals surface area contributed by atoms with Crippen LogP contribution in [0, 0.1) is 5.82 Å². The lowest BCUT2D eigenvalue weighted by Crippen LogP contribution is -2.51. The molecule has 2 atom stereocenters. The molecule has 2 aromatic rings. The summed E-state index contributed by atoms with van der Waals surface area (Å²) in [5, 5.41) is 2.80. The van der Waals surface area contributed by atoms with Crippen LogP contribution >= 0.6 is 0 Å². The molecule has 2 aromatic carbocycles. The number of amides is 2. The van der Waals surface area contributed by atoms with Gasteiger partial charge in [-0.3, -0.25) is 9.59 Å². The Morgan fingerprint density at radius 3 is 2.63 bits per heavy atom. The maximum Gasteiger partial charge on any atom is 0.243 e. The number of nitrogens with one attached hydrogen (secondary N) is 1. The average molecular weight is 369 g/mol. The zero-order valence-electron chi connectivity index (χ0n) is 15.1. The maximum absolute atomic E-state index is 13.2. The molecule has 0 radical (unpaired) electrons. The SMILES string of the molecule is NC(Cc1ccccc1)C(=O)N1CCC[C@H]1C(=O)NCc1cccc(F)c1. The van der Waals surface area contributed by atoms with Gasteiger partial charge in [0.15, 0.2) is 0 Å². The minimum absolute atomic E-state index is 0.206. The molecule has 0 aromatic heterocycles. The van der Waals surface area contributed by atoms with Crippen LogP contribution in [0.5, 0.6) is 0 Å². The summed E-state index contributed by atoms with van der Waals surface area (Å²) in [4.78, 5) is 26.9. The van der Waals surface area contributed by atoms with Gasteiger partial charge in [-0.2, -0.15) is 0 Å². The summed E-state index contributed by atoms with van der Waals surface area (Å²) in [5.41, 5.74) is 7.78. The lowest BCUT2D eigenvalue weighted by Gasteiger charge is -2.26. The third-order valence-corrected chi connectivity index (χ3v) is 4.81. The predicted octanol–water partition coefficient (Wildman–Crippen LogP) is 2.00. The number of carbonyl (C=O) groups is 2. The van der Waals surface area contributed by atoms with E-state index in [0.717, 1.165) is 12.0 Å². The van der Waals surface area contributed by atoms with Gasteiger partial charge in [0.2, 0.25) is 11.8 Å². The van der Waals surface area contributed by atoms with Gasteiger partial charge in [-0.05, 0) is 42.5 Å². The van der Waals surface area contributed by atoms with Gasteiger partial charge in [0, 0.05) is 13.1 Å². The summed E-state index contributed by atoms with van der Waals surface area (Å²) >= 11 is 0. The van der Waals surface area contributed by atoms with Gasteiger partial charge in [-0.1, -0.05) is 42.5 Å². The standard InChI is InChI=1S/C21H24FN3O2/c22-17-9-4-8-16(12-17)14-24-20(26)19-10-5-11-25(19)21(27)18(23)13-15-6-2-1-3-7-15/h1-4,6-9,12,18-19H,5,10-11,13-14,23H2,(H,24,26)/t18?,19-/m0/s1. The van der Waals surface area contributed by atoms with Gasteiger partial charge in [-0.15, -0.1) is 0 Å². The molecule has 1 aliphatic rings. The van der Waals surface area contributed by atoms with Crippen LogP contribution in [0.15, 0.2) is 54.6 Å². The first-order valence-electron chi connectivity index (χ1n) is 9.17. The van der Waals surface area contributed by atoms with E-state index in [2.05, 4.69) is 5.32 Å². The molecular weight excluding hydrogens is 345 g/mol. The molecule has 27 heavy (non-hydrogen) atoms. The lowest BCUT2D eigenvalue weighted by atomic mass is 10.1. The third-order valence-electron chi connectivity index (χ3n) is 4.81. The summed E-state index contributed by atoms with van der Waals surface area (Å²) in [5.74, 6) is -0.773. The van der Waals surface area contributed by atoms with Crippen molar-refractivity contribution in [1.82, 2.24) is 10.2 Å². The topological polar surface area (TPSA) is 75.4 Å². The second-order valence-electron chi connectivity index (χ2n) is 6.83. The highest BCUT2D eigenvalue weighted by molar-refractivity contribution is 5.90. The van der Waals surface area contributed by atoms with E-state index < -0.39 is 12.1 Å². The molecule has 3 N–H and O–H groups in total. The molecule has 0 spiro atoms. The quantitative estimate of drug-likeness (QED) is 0.818. The Morgan fingerprint density at radius 2 is 1.89 bits per heavy atom. The number of rotatable bonds is 6. The summed E-state index contributed by atoms with van der Waals surface area (Å²) in [7, 11) is 0. The number of nitrogens with two attached hydrogens (primary N) is 1. The van der Waals surface area contributed by atoms with Crippen molar-refractivity contribution in [2.75, 3.05) is 6.54 Å². The number of likely N-dealkylation sites (tertiary alicyclic amines) is 1. The first kappa shape index (κ1) is 19.0. The molecule has 1 saturated heterocycles. The Bertz CT molecular complexity index is 797. The number of halogens is 1. The highest BCUT2D eigenvalue weighted by Gasteiger charge is 2.35. The number of hydrogen-bond donors (Lipinski definition) is 2. The smallest absolute Gasteiger partial charge is 0.243 e. The van der Waals surface area contributed by atoms with Gasteiger partial charge >= 0.3 is 0 Å². The van der Waals surface area contributed by atoms with Crippen molar-refractivity contribution in [3.8, 4) is 0 Å². The molecule has 0 aliphatic carbocycles. The fraction of sp³-hybridized carbons (Fsp3) is 0.333. The Morgan fingerprint density at radius 1 is 1.15 bits per heavy atom. The van der Waals surface area contributed by atoms with Gasteiger partial charge in [-0.25, -0.2) is 4.39 Å². The summed E-state index contributed by atoms with van der Waals surface area (Å²) in [6.07, 6.45) is 1.81. The van der Waals surface area contributed by atoms with Crippen molar-refractivity contribution >= 4 is 11.8 Å². The van der Waals surface area contributed by atoms with Crippen molar-refractivity contribution in [1.29, 1.82) is 0 Å². The van der Waals surface area contributed by atoms with E-state index in [0.29, 0.717) is 24.9 Å². The van der Waals surface area contributed by atoms with Crippen LogP contribution in [-0.4, -0.2) is 35.3 Å². The van der Waals surface area contributed by atoms with E-state index in [1.54, 1.807) is 17.0 Å². The van der Waals surface area contributed by atoms with Gasteiger partial charge in [0.1, 0.15) is 11.9 Å². The minimum atomic E-state index is -0.677. The second-order valence-corrected chi connectivity index (χ2v) is 6.83. The van der Waals surface area contributed by atoms with Crippen LogP contribution in [-0.2, 0) is 22.6 Å². The summed E-state index contributed by atoms with van der Waals surface area (Å²) in [6, 6.07) is 14.5. The zero-order chi connectivity index (χ0) is 19.2. The number of carbonyl (C=O) groups excluding carboxylic acids is 2. The third kappa shape index (κ3) is 4.92. The van der Waals surface area contributed by atoms with Crippen molar-refractivity contribution < 1.29 is 14.0 Å².